The van der Waals surface area contributed by atoms with Crippen LogP contribution >= 0.6 is 0 Å². The maximum absolute atomic E-state index is 13.4. The third kappa shape index (κ3) is 38.8. The minimum atomic E-state index is -1.98. The summed E-state index contributed by atoms with van der Waals surface area (Å²) < 4.78 is 34.4. The summed E-state index contributed by atoms with van der Waals surface area (Å²) in [4.78, 5) is 13.4. The average Bonchev–Trinajstić information content (AvgIpc) is 0.787. The van der Waals surface area contributed by atoms with E-state index in [1.807, 2.05) is 6.08 Å². The molecule has 0 aliphatic carbocycles. The van der Waals surface area contributed by atoms with Gasteiger partial charge in [-0.25, -0.2) is 0 Å². The Kier molecular flexibility index (Phi) is 53.3. The maximum Gasteiger partial charge on any atom is 0.220 e. The molecule has 0 spiro atoms. The van der Waals surface area contributed by atoms with E-state index >= 15 is 0 Å². The third-order valence-electron chi connectivity index (χ3n) is 19.8. The molecule has 3 aliphatic rings. The molecule has 3 aliphatic heterocycles. The number of ether oxygens (including phenoxy) is 6. The van der Waals surface area contributed by atoms with Crippen molar-refractivity contribution in [3.05, 3.63) is 24.3 Å². The first-order chi connectivity index (χ1) is 46.3. The summed E-state index contributed by atoms with van der Waals surface area (Å²) in [5.74, 6) is -0.279. The number of rotatable bonds is 62. The van der Waals surface area contributed by atoms with E-state index in [0.717, 1.165) is 38.5 Å². The van der Waals surface area contributed by atoms with E-state index in [-0.39, 0.29) is 18.9 Å². The number of hydrogen-bond donors (Lipinski definition) is 12. The molecule has 17 unspecified atom stereocenters. The van der Waals surface area contributed by atoms with Crippen LogP contribution in [0.3, 0.4) is 0 Å². The molecule has 0 aromatic carbocycles. The summed E-state index contributed by atoms with van der Waals surface area (Å²) >= 11 is 0. The zero-order valence-corrected chi connectivity index (χ0v) is 59.7. The Morgan fingerprint density at radius 1 is 0.368 bits per heavy atom. The predicted molar refractivity (Wildman–Crippen MR) is 374 cm³/mol. The Morgan fingerprint density at radius 3 is 1.05 bits per heavy atom. The molecule has 17 atom stereocenters. The van der Waals surface area contributed by atoms with Gasteiger partial charge in [0.2, 0.25) is 5.91 Å². The lowest BCUT2D eigenvalue weighted by Gasteiger charge is -2.48. The number of nitrogens with one attached hydrogen (secondary N) is 1. The molecule has 0 radical (unpaired) electrons. The summed E-state index contributed by atoms with van der Waals surface area (Å²) in [6.07, 6.45) is 41.7. The first kappa shape index (κ1) is 87.5. The van der Waals surface area contributed by atoms with Crippen molar-refractivity contribution in [2.45, 2.75) is 426 Å². The Hall–Kier alpha value is -1.73. The quantitative estimate of drug-likeness (QED) is 0.0199. The van der Waals surface area contributed by atoms with Gasteiger partial charge < -0.3 is 89.9 Å². The highest BCUT2D eigenvalue weighted by molar-refractivity contribution is 5.76. The van der Waals surface area contributed by atoms with Crippen molar-refractivity contribution in [3.8, 4) is 0 Å². The molecule has 0 saturated carbocycles. The lowest BCUT2D eigenvalue weighted by molar-refractivity contribution is -0.379. The van der Waals surface area contributed by atoms with Gasteiger partial charge in [-0.2, -0.15) is 0 Å². The maximum atomic E-state index is 13.4. The van der Waals surface area contributed by atoms with Gasteiger partial charge in [-0.1, -0.05) is 308 Å². The number of carbonyl (C=O) groups is 1. The molecule has 3 fully saturated rings. The van der Waals surface area contributed by atoms with Crippen LogP contribution in [0, 0.1) is 0 Å². The summed E-state index contributed by atoms with van der Waals surface area (Å²) in [6.45, 7) is 1.77. The van der Waals surface area contributed by atoms with Crippen LogP contribution in [0.1, 0.15) is 322 Å². The minimum absolute atomic E-state index is 0.241. The van der Waals surface area contributed by atoms with Crippen LogP contribution in [0.5, 0.6) is 0 Å². The third-order valence-corrected chi connectivity index (χ3v) is 19.8. The second-order valence-electron chi connectivity index (χ2n) is 28.2. The monoisotopic (exact) mass is 1360 g/mol. The Morgan fingerprint density at radius 2 is 0.674 bits per heavy atom. The van der Waals surface area contributed by atoms with Gasteiger partial charge in [0.25, 0.3) is 0 Å². The number of unbranched alkanes of at least 4 members (excludes halogenated alkanes) is 44. The van der Waals surface area contributed by atoms with Crippen molar-refractivity contribution in [2.24, 2.45) is 0 Å². The topological polar surface area (TPSA) is 307 Å². The molecule has 3 saturated heterocycles. The summed E-state index contributed by atoms with van der Waals surface area (Å²) in [5, 5.41) is 121. The molecule has 19 heteroatoms. The zero-order valence-electron chi connectivity index (χ0n) is 59.7. The second-order valence-corrected chi connectivity index (χ2v) is 28.2. The smallest absolute Gasteiger partial charge is 0.220 e. The molecule has 0 aromatic heterocycles. The Bertz CT molecular complexity index is 1810. The molecule has 12 N–H and O–H groups in total. The van der Waals surface area contributed by atoms with Crippen LogP contribution in [0.2, 0.25) is 0 Å². The lowest BCUT2D eigenvalue weighted by atomic mass is 9.96. The molecule has 0 aromatic rings. The molecule has 560 valence electrons. The summed E-state index contributed by atoms with van der Waals surface area (Å²) in [7, 11) is 0. The van der Waals surface area contributed by atoms with Crippen molar-refractivity contribution in [3.63, 3.8) is 0 Å². The predicted octanol–water partition coefficient (Wildman–Crippen LogP) is 12.2. The van der Waals surface area contributed by atoms with E-state index in [1.165, 1.54) is 250 Å². The lowest BCUT2D eigenvalue weighted by Crippen LogP contribution is -2.66. The normalized spacial score (nSPS) is 27.3. The van der Waals surface area contributed by atoms with Crippen LogP contribution < -0.4 is 5.32 Å². The average molecular weight is 1360 g/mol. The molecule has 19 nitrogen and oxygen atoms in total. The fourth-order valence-corrected chi connectivity index (χ4v) is 13.4. The van der Waals surface area contributed by atoms with Gasteiger partial charge in [-0.05, 0) is 32.1 Å². The van der Waals surface area contributed by atoms with E-state index in [0.29, 0.717) is 12.8 Å². The van der Waals surface area contributed by atoms with Gasteiger partial charge in [-0.15, -0.1) is 0 Å². The highest BCUT2D eigenvalue weighted by atomic mass is 16.8. The second kappa shape index (κ2) is 57.8. The molecule has 3 heterocycles. The fraction of sp³-hybridized carbons (Fsp3) is 0.934. The van der Waals surface area contributed by atoms with Crippen molar-refractivity contribution >= 4 is 5.91 Å². The number of allylic oxidation sites excluding steroid dienone is 3. The molecular weight excluding hydrogens is 1210 g/mol. The first-order valence-corrected chi connectivity index (χ1v) is 39.1. The number of amides is 1. The van der Waals surface area contributed by atoms with Crippen LogP contribution in [0.25, 0.3) is 0 Å². The van der Waals surface area contributed by atoms with Crippen molar-refractivity contribution < 1.29 is 89.4 Å². The van der Waals surface area contributed by atoms with E-state index < -0.39 is 124 Å². The summed E-state index contributed by atoms with van der Waals surface area (Å²) in [5.41, 5.74) is 0. The van der Waals surface area contributed by atoms with Crippen LogP contribution in [-0.2, 0) is 33.2 Å². The van der Waals surface area contributed by atoms with Crippen molar-refractivity contribution in [1.82, 2.24) is 5.32 Å². The van der Waals surface area contributed by atoms with Gasteiger partial charge in [0, 0.05) is 6.42 Å². The van der Waals surface area contributed by atoms with Crippen LogP contribution in [0.4, 0.5) is 0 Å². The van der Waals surface area contributed by atoms with Gasteiger partial charge in [0.15, 0.2) is 18.9 Å². The van der Waals surface area contributed by atoms with E-state index in [2.05, 4.69) is 31.3 Å². The Labute approximate surface area is 575 Å². The first-order valence-electron chi connectivity index (χ1n) is 39.1. The highest BCUT2D eigenvalue weighted by Crippen LogP contribution is 2.33. The number of carbonyl (C=O) groups excluding carboxylic acids is 1. The van der Waals surface area contributed by atoms with E-state index in [4.69, 9.17) is 28.4 Å². The fourth-order valence-electron chi connectivity index (χ4n) is 13.4. The van der Waals surface area contributed by atoms with Gasteiger partial charge in [0.05, 0.1) is 38.6 Å². The molecule has 3 rings (SSSR count). The van der Waals surface area contributed by atoms with Gasteiger partial charge in [-0.3, -0.25) is 4.79 Å². The Balaban J connectivity index is 1.39. The molecule has 95 heavy (non-hydrogen) atoms. The highest BCUT2D eigenvalue weighted by Gasteiger charge is 2.53. The van der Waals surface area contributed by atoms with Crippen molar-refractivity contribution in [2.75, 3.05) is 26.4 Å². The van der Waals surface area contributed by atoms with Crippen LogP contribution in [-0.4, -0.2) is 193 Å². The SMILES string of the molecule is CCCCCCCCCCCCCCCCCCCCCCCCCC/C=C/CC/C=C/C(O)C(COC1OC(CO)C(OC2OC(CO)C(OC3OC(CO)C(O)C(O)C3O)C(O)C2O)C(O)C1O)NC(=O)CCCCCCCCCCCCCCCCCCCCCC. The van der Waals surface area contributed by atoms with E-state index in [1.54, 1.807) is 6.08 Å². The van der Waals surface area contributed by atoms with Gasteiger partial charge >= 0.3 is 0 Å². The molecular formula is C76H143NO18. The zero-order chi connectivity index (χ0) is 68.9. The minimum Gasteiger partial charge on any atom is -0.394 e. The van der Waals surface area contributed by atoms with Crippen LogP contribution in [0.15, 0.2) is 24.3 Å². The molecule has 0 bridgehead atoms. The van der Waals surface area contributed by atoms with Crippen molar-refractivity contribution in [1.29, 1.82) is 0 Å². The number of aliphatic hydroxyl groups excluding tert-OH is 11. The van der Waals surface area contributed by atoms with E-state index in [9.17, 15) is 61.0 Å². The molecule has 1 amide bonds. The largest absolute Gasteiger partial charge is 0.394 e. The number of aliphatic hydroxyl groups is 11. The van der Waals surface area contributed by atoms with Gasteiger partial charge in [0.1, 0.15) is 73.2 Å². The summed E-state index contributed by atoms with van der Waals surface area (Å²) in [6, 6.07) is -0.988. The standard InChI is InChI=1S/C76H143NO18/c1-3-5-7-9-11-13-15-17-19-21-23-25-26-27-28-29-30-31-32-33-34-35-37-39-41-43-45-47-49-51-53-60(81)59(77-64(82)54-52-50-48-46-44-42-40-38-36-24-22-20-18-16-14-12-10-8-6-4-2)58-90-74-70(88)67(85)72(62(56-79)92-74)95-76-71(89)68(86)73(63(57-80)93-76)94-75-69(87)66(84)65(83)61(55-78)91-75/h43,45,51,53,59-63,65-76,78-81,83-89H,3-42,44,46-50,52,54-58H2,1-2H3,(H,77,82)/b45-43+,53-51+. The number of hydrogen-bond acceptors (Lipinski definition) is 18.